The van der Waals surface area contributed by atoms with Crippen molar-refractivity contribution in [2.24, 2.45) is 11.3 Å². The molecule has 0 bridgehead atoms. The molecule has 4 atom stereocenters. The summed E-state index contributed by atoms with van der Waals surface area (Å²) in [6.07, 6.45) is 1.98. The summed E-state index contributed by atoms with van der Waals surface area (Å²) in [5.41, 5.74) is -0.542. The van der Waals surface area contributed by atoms with E-state index in [9.17, 15) is 9.59 Å². The molecule has 0 aromatic heterocycles. The molecule has 0 amide bonds. The van der Waals surface area contributed by atoms with Crippen LogP contribution in [0.15, 0.2) is 42.0 Å². The summed E-state index contributed by atoms with van der Waals surface area (Å²) in [6.45, 7) is 3.85. The molecule has 108 valence electrons. The van der Waals surface area contributed by atoms with Crippen molar-refractivity contribution in [2.75, 3.05) is 7.11 Å². The Bertz CT molecular complexity index is 707. The lowest BCUT2D eigenvalue weighted by atomic mass is 9.81. The van der Waals surface area contributed by atoms with Gasteiger partial charge in [0, 0.05) is 5.92 Å². The normalized spacial score (nSPS) is 42.1. The summed E-state index contributed by atoms with van der Waals surface area (Å²) in [5, 5.41) is 0. The van der Waals surface area contributed by atoms with Gasteiger partial charge in [-0.1, -0.05) is 35.9 Å². The third-order valence-corrected chi connectivity index (χ3v) is 5.47. The van der Waals surface area contributed by atoms with Crippen LogP contribution in [0.3, 0.4) is 0 Å². The summed E-state index contributed by atoms with van der Waals surface area (Å²) in [7, 11) is 1.33. The van der Waals surface area contributed by atoms with E-state index < -0.39 is 28.4 Å². The maximum atomic E-state index is 12.6. The maximum Gasteiger partial charge on any atom is 0.326 e. The van der Waals surface area contributed by atoms with Gasteiger partial charge in [-0.05, 0) is 25.5 Å². The Balaban J connectivity index is 2.01. The van der Waals surface area contributed by atoms with Crippen molar-refractivity contribution < 1.29 is 19.1 Å². The van der Waals surface area contributed by atoms with Crippen LogP contribution in [-0.2, 0) is 24.5 Å². The van der Waals surface area contributed by atoms with E-state index in [1.807, 2.05) is 50.3 Å². The van der Waals surface area contributed by atoms with Gasteiger partial charge in [0.15, 0.2) is 5.41 Å². The Morgan fingerprint density at radius 1 is 1.29 bits per heavy atom. The van der Waals surface area contributed by atoms with Crippen LogP contribution in [0.1, 0.15) is 19.4 Å². The van der Waals surface area contributed by atoms with Crippen LogP contribution >= 0.6 is 0 Å². The van der Waals surface area contributed by atoms with E-state index in [0.29, 0.717) is 0 Å². The van der Waals surface area contributed by atoms with Gasteiger partial charge in [-0.2, -0.15) is 0 Å². The molecule has 3 aliphatic rings. The van der Waals surface area contributed by atoms with Crippen molar-refractivity contribution in [2.45, 2.75) is 24.9 Å². The fraction of sp³-hybridized carbons (Fsp3) is 0.412. The molecule has 4 rings (SSSR count). The van der Waals surface area contributed by atoms with Gasteiger partial charge in [0.2, 0.25) is 0 Å². The number of rotatable bonds is 2. The quantitative estimate of drug-likeness (QED) is 0.473. The molecule has 1 saturated carbocycles. The molecular formula is C17H16O4. The number of fused-ring (bicyclic) bond motifs is 1. The number of carbonyl (C=O) groups is 2. The molecule has 4 heteroatoms. The SMILES string of the molecule is COC(=O)C12C(=O)O[C@@]3(C)C=C(C)C1(c1ccccc1)[C@@H]23. The number of esters is 2. The molecule has 21 heavy (non-hydrogen) atoms. The lowest BCUT2D eigenvalue weighted by molar-refractivity contribution is -0.162. The highest BCUT2D eigenvalue weighted by atomic mass is 16.6. The molecule has 1 saturated heterocycles. The topological polar surface area (TPSA) is 52.6 Å². The van der Waals surface area contributed by atoms with Crippen molar-refractivity contribution in [3.63, 3.8) is 0 Å². The second-order valence-electron chi connectivity index (χ2n) is 6.31. The molecule has 1 aromatic carbocycles. The minimum atomic E-state index is -1.21. The predicted octanol–water partition coefficient (Wildman–Crippen LogP) is 1.99. The van der Waals surface area contributed by atoms with Crippen LogP contribution in [0.5, 0.6) is 0 Å². The molecule has 0 radical (unpaired) electrons. The van der Waals surface area contributed by atoms with E-state index in [0.717, 1.165) is 11.1 Å². The van der Waals surface area contributed by atoms with E-state index in [-0.39, 0.29) is 5.92 Å². The van der Waals surface area contributed by atoms with Gasteiger partial charge in [0.25, 0.3) is 0 Å². The van der Waals surface area contributed by atoms with Crippen molar-refractivity contribution in [3.8, 4) is 0 Å². The Kier molecular flexibility index (Phi) is 2.03. The molecule has 1 aromatic rings. The van der Waals surface area contributed by atoms with E-state index in [4.69, 9.17) is 9.47 Å². The number of carbonyl (C=O) groups excluding carboxylic acids is 2. The van der Waals surface area contributed by atoms with Crippen LogP contribution in [0.2, 0.25) is 0 Å². The van der Waals surface area contributed by atoms with Gasteiger partial charge in [-0.25, -0.2) is 0 Å². The minimum absolute atomic E-state index is 0.208. The molecule has 2 fully saturated rings. The average Bonchev–Trinajstić information content (AvgIpc) is 3.01. The first-order valence-corrected chi connectivity index (χ1v) is 7.03. The number of allylic oxidation sites excluding steroid dienone is 1. The van der Waals surface area contributed by atoms with E-state index in [1.165, 1.54) is 7.11 Å². The highest BCUT2D eigenvalue weighted by Gasteiger charge is 2.97. The highest BCUT2D eigenvalue weighted by molar-refractivity contribution is 6.12. The molecule has 4 nitrogen and oxygen atoms in total. The Labute approximate surface area is 122 Å². The molecule has 2 unspecified atom stereocenters. The summed E-state index contributed by atoms with van der Waals surface area (Å²) in [5.74, 6) is -1.16. The smallest absolute Gasteiger partial charge is 0.326 e. The maximum absolute atomic E-state index is 12.6. The number of methoxy groups -OCH3 is 1. The van der Waals surface area contributed by atoms with Gasteiger partial charge in [0.1, 0.15) is 5.60 Å². The Hall–Kier alpha value is -2.10. The number of hydrogen-bond donors (Lipinski definition) is 0. The fourth-order valence-corrected chi connectivity index (χ4v) is 4.99. The van der Waals surface area contributed by atoms with Crippen LogP contribution in [0.25, 0.3) is 0 Å². The zero-order chi connectivity index (χ0) is 15.0. The first-order chi connectivity index (χ1) is 9.96. The Morgan fingerprint density at radius 2 is 1.95 bits per heavy atom. The predicted molar refractivity (Wildman–Crippen MR) is 74.3 cm³/mol. The molecule has 0 spiro atoms. The van der Waals surface area contributed by atoms with Gasteiger partial charge in [-0.15, -0.1) is 0 Å². The van der Waals surface area contributed by atoms with E-state index in [1.54, 1.807) is 0 Å². The monoisotopic (exact) mass is 284 g/mol. The first-order valence-electron chi connectivity index (χ1n) is 7.03. The lowest BCUT2D eigenvalue weighted by Gasteiger charge is -2.24. The summed E-state index contributed by atoms with van der Waals surface area (Å²) in [4.78, 5) is 25.1. The number of hydrogen-bond acceptors (Lipinski definition) is 4. The Morgan fingerprint density at radius 3 is 2.57 bits per heavy atom. The largest absolute Gasteiger partial charge is 0.468 e. The standard InChI is InChI=1S/C17H16O4/c1-10-9-15(2)12-16(10,11-7-5-4-6-8-11)17(12,13(18)20-3)14(19)21-15/h4-9,12H,1-3H3/t12-,15-,16?,17?/m0/s1. The van der Waals surface area contributed by atoms with Crippen LogP contribution < -0.4 is 0 Å². The molecular weight excluding hydrogens is 268 g/mol. The molecule has 1 aliphatic heterocycles. The third kappa shape index (κ3) is 1.01. The van der Waals surface area contributed by atoms with Crippen LogP contribution in [0.4, 0.5) is 0 Å². The van der Waals surface area contributed by atoms with Crippen molar-refractivity contribution in [3.05, 3.63) is 47.5 Å². The summed E-state index contributed by atoms with van der Waals surface area (Å²) in [6, 6.07) is 9.72. The van der Waals surface area contributed by atoms with Gasteiger partial charge < -0.3 is 9.47 Å². The van der Waals surface area contributed by atoms with Crippen molar-refractivity contribution in [1.82, 2.24) is 0 Å². The zero-order valence-corrected chi connectivity index (χ0v) is 12.2. The van der Waals surface area contributed by atoms with E-state index >= 15 is 0 Å². The molecule has 0 N–H and O–H groups in total. The van der Waals surface area contributed by atoms with Gasteiger partial charge in [0.05, 0.1) is 12.5 Å². The zero-order valence-electron chi connectivity index (χ0n) is 12.2. The van der Waals surface area contributed by atoms with Crippen molar-refractivity contribution in [1.29, 1.82) is 0 Å². The molecule has 2 aliphatic carbocycles. The average molecular weight is 284 g/mol. The number of ether oxygens (including phenoxy) is 2. The van der Waals surface area contributed by atoms with E-state index in [2.05, 4.69) is 0 Å². The fourth-order valence-electron chi connectivity index (χ4n) is 4.99. The van der Waals surface area contributed by atoms with Gasteiger partial charge in [-0.3, -0.25) is 9.59 Å². The second kappa shape index (κ2) is 3.38. The van der Waals surface area contributed by atoms with Crippen LogP contribution in [0, 0.1) is 11.3 Å². The van der Waals surface area contributed by atoms with Gasteiger partial charge >= 0.3 is 11.9 Å². The first kappa shape index (κ1) is 12.6. The third-order valence-electron chi connectivity index (χ3n) is 5.47. The minimum Gasteiger partial charge on any atom is -0.468 e. The lowest BCUT2D eigenvalue weighted by Crippen LogP contribution is -2.36. The highest BCUT2D eigenvalue weighted by Crippen LogP contribution is 2.84. The number of benzene rings is 1. The second-order valence-corrected chi connectivity index (χ2v) is 6.31. The summed E-state index contributed by atoms with van der Waals surface area (Å²) >= 11 is 0. The van der Waals surface area contributed by atoms with Crippen LogP contribution in [-0.4, -0.2) is 24.6 Å². The summed E-state index contributed by atoms with van der Waals surface area (Å²) < 4.78 is 10.5. The van der Waals surface area contributed by atoms with Crippen molar-refractivity contribution >= 4 is 11.9 Å². The molecule has 1 heterocycles.